The number of methoxy groups -OCH3 is 1. The second-order valence-corrected chi connectivity index (χ2v) is 5.36. The van der Waals surface area contributed by atoms with Crippen molar-refractivity contribution in [3.8, 4) is 5.75 Å². The predicted octanol–water partition coefficient (Wildman–Crippen LogP) is 2.14. The maximum Gasteiger partial charge on any atom is 0.227 e. The molecule has 0 aliphatic heterocycles. The zero-order valence-corrected chi connectivity index (χ0v) is 13.5. The molecule has 1 aromatic carbocycles. The van der Waals surface area contributed by atoms with Gasteiger partial charge in [0.25, 0.3) is 0 Å². The molecule has 1 aliphatic carbocycles. The molecule has 0 radical (unpaired) electrons. The monoisotopic (exact) mass is 327 g/mol. The molecule has 2 unspecified atom stereocenters. The molecule has 7 heteroatoms. The van der Waals surface area contributed by atoms with Crippen molar-refractivity contribution < 1.29 is 14.3 Å². The summed E-state index contributed by atoms with van der Waals surface area (Å²) in [7, 11) is 1.53. The van der Waals surface area contributed by atoms with Crippen LogP contribution < -0.4 is 21.1 Å². The molecule has 22 heavy (non-hydrogen) atoms. The summed E-state index contributed by atoms with van der Waals surface area (Å²) in [6, 6.07) is 5.26. The zero-order chi connectivity index (χ0) is 15.4. The van der Waals surface area contributed by atoms with Crippen LogP contribution in [0.5, 0.6) is 5.75 Å². The van der Waals surface area contributed by atoms with Crippen molar-refractivity contribution >= 4 is 35.6 Å². The maximum atomic E-state index is 12.2. The summed E-state index contributed by atoms with van der Waals surface area (Å²) in [4.78, 5) is 23.4. The smallest absolute Gasteiger partial charge is 0.227 e. The Hall–Kier alpha value is -1.79. The summed E-state index contributed by atoms with van der Waals surface area (Å²) in [5, 5.41) is 5.55. The van der Waals surface area contributed by atoms with Gasteiger partial charge in [-0.1, -0.05) is 0 Å². The molecule has 1 aliphatic rings. The minimum atomic E-state index is -0.196. The van der Waals surface area contributed by atoms with E-state index in [1.54, 1.807) is 18.2 Å². The van der Waals surface area contributed by atoms with Crippen molar-refractivity contribution in [2.24, 2.45) is 11.7 Å². The van der Waals surface area contributed by atoms with Gasteiger partial charge in [0.05, 0.1) is 12.8 Å². The summed E-state index contributed by atoms with van der Waals surface area (Å²) in [6.07, 6.45) is 2.43. The summed E-state index contributed by atoms with van der Waals surface area (Å²) in [6.45, 7) is 1.42. The molecule has 2 amide bonds. The van der Waals surface area contributed by atoms with Crippen LogP contribution in [0.2, 0.25) is 0 Å². The number of anilines is 2. The van der Waals surface area contributed by atoms with Crippen LogP contribution in [0.1, 0.15) is 26.2 Å². The number of ether oxygens (including phenoxy) is 1. The standard InChI is InChI=1S/C15H21N3O3.ClH/c1-9(19)17-13-8-12(5-6-14(13)21-2)18-15(20)10-3-4-11(16)7-10;/h5-6,8,10-11H,3-4,7,16H2,1-2H3,(H,17,19)(H,18,20);1H. The first-order chi connectivity index (χ1) is 9.99. The molecule has 0 spiro atoms. The van der Waals surface area contributed by atoms with Gasteiger partial charge in [-0.3, -0.25) is 9.59 Å². The Morgan fingerprint density at radius 1 is 1.27 bits per heavy atom. The first kappa shape index (κ1) is 18.3. The van der Waals surface area contributed by atoms with E-state index in [-0.39, 0.29) is 36.2 Å². The van der Waals surface area contributed by atoms with E-state index in [1.165, 1.54) is 14.0 Å². The van der Waals surface area contributed by atoms with Crippen molar-refractivity contribution in [2.75, 3.05) is 17.7 Å². The molecule has 2 rings (SSSR count). The molecule has 6 nitrogen and oxygen atoms in total. The highest BCUT2D eigenvalue weighted by molar-refractivity contribution is 5.95. The number of benzene rings is 1. The van der Waals surface area contributed by atoms with Crippen LogP contribution in [0.3, 0.4) is 0 Å². The van der Waals surface area contributed by atoms with Crippen molar-refractivity contribution in [3.05, 3.63) is 18.2 Å². The molecule has 2 atom stereocenters. The lowest BCUT2D eigenvalue weighted by Crippen LogP contribution is -2.23. The highest BCUT2D eigenvalue weighted by Crippen LogP contribution is 2.29. The van der Waals surface area contributed by atoms with Gasteiger partial charge in [0.15, 0.2) is 0 Å². The fourth-order valence-electron chi connectivity index (χ4n) is 2.57. The number of rotatable bonds is 4. The lowest BCUT2D eigenvalue weighted by atomic mass is 10.1. The van der Waals surface area contributed by atoms with E-state index in [0.717, 1.165) is 19.3 Å². The van der Waals surface area contributed by atoms with Gasteiger partial charge in [0.1, 0.15) is 5.75 Å². The van der Waals surface area contributed by atoms with Crippen LogP contribution in [-0.2, 0) is 9.59 Å². The number of halogens is 1. The first-order valence-electron chi connectivity index (χ1n) is 7.01. The first-order valence-corrected chi connectivity index (χ1v) is 7.01. The maximum absolute atomic E-state index is 12.2. The predicted molar refractivity (Wildman–Crippen MR) is 88.5 cm³/mol. The van der Waals surface area contributed by atoms with Gasteiger partial charge in [-0.15, -0.1) is 12.4 Å². The SMILES string of the molecule is COc1ccc(NC(=O)C2CCC(N)C2)cc1NC(C)=O.Cl. The number of nitrogens with two attached hydrogens (primary N) is 1. The Morgan fingerprint density at radius 2 is 2.00 bits per heavy atom. The molecular weight excluding hydrogens is 306 g/mol. The second-order valence-electron chi connectivity index (χ2n) is 5.36. The van der Waals surface area contributed by atoms with Gasteiger partial charge in [-0.25, -0.2) is 0 Å². The topological polar surface area (TPSA) is 93.4 Å². The van der Waals surface area contributed by atoms with E-state index in [2.05, 4.69) is 10.6 Å². The molecule has 1 aromatic rings. The van der Waals surface area contributed by atoms with Crippen molar-refractivity contribution in [1.29, 1.82) is 0 Å². The van der Waals surface area contributed by atoms with E-state index < -0.39 is 0 Å². The highest BCUT2D eigenvalue weighted by Gasteiger charge is 2.27. The summed E-state index contributed by atoms with van der Waals surface area (Å²) >= 11 is 0. The average molecular weight is 328 g/mol. The Bertz CT molecular complexity index is 551. The summed E-state index contributed by atoms with van der Waals surface area (Å²) in [5.41, 5.74) is 6.99. The minimum absolute atomic E-state index is 0. The van der Waals surface area contributed by atoms with Crippen molar-refractivity contribution in [1.82, 2.24) is 0 Å². The fourth-order valence-corrected chi connectivity index (χ4v) is 2.57. The van der Waals surface area contributed by atoms with Crippen molar-refractivity contribution in [2.45, 2.75) is 32.2 Å². The van der Waals surface area contributed by atoms with Gasteiger partial charge in [0.2, 0.25) is 11.8 Å². The zero-order valence-electron chi connectivity index (χ0n) is 12.7. The average Bonchev–Trinajstić information content (AvgIpc) is 2.85. The van der Waals surface area contributed by atoms with Gasteiger partial charge < -0.3 is 21.1 Å². The normalized spacial score (nSPS) is 20.0. The molecule has 122 valence electrons. The van der Waals surface area contributed by atoms with E-state index >= 15 is 0 Å². The number of hydrogen-bond donors (Lipinski definition) is 3. The van der Waals surface area contributed by atoms with Crippen LogP contribution in [0.4, 0.5) is 11.4 Å². The van der Waals surface area contributed by atoms with E-state index in [4.69, 9.17) is 10.5 Å². The third-order valence-corrected chi connectivity index (χ3v) is 3.62. The quantitative estimate of drug-likeness (QED) is 0.789. The molecular formula is C15H22ClN3O3. The molecule has 1 fully saturated rings. The molecule has 0 bridgehead atoms. The lowest BCUT2D eigenvalue weighted by molar-refractivity contribution is -0.119. The molecule has 0 aromatic heterocycles. The minimum Gasteiger partial charge on any atom is -0.495 e. The van der Waals surface area contributed by atoms with Crippen LogP contribution in [0.15, 0.2) is 18.2 Å². The van der Waals surface area contributed by atoms with E-state index in [9.17, 15) is 9.59 Å². The van der Waals surface area contributed by atoms with Gasteiger partial charge >= 0.3 is 0 Å². The third-order valence-electron chi connectivity index (χ3n) is 3.62. The van der Waals surface area contributed by atoms with Crippen LogP contribution in [0, 0.1) is 5.92 Å². The third kappa shape index (κ3) is 4.61. The second kappa shape index (κ2) is 8.00. The number of hydrogen-bond acceptors (Lipinski definition) is 4. The Morgan fingerprint density at radius 3 is 2.55 bits per heavy atom. The summed E-state index contributed by atoms with van der Waals surface area (Å²) in [5.74, 6) is 0.290. The molecule has 1 saturated carbocycles. The molecule has 4 N–H and O–H groups in total. The van der Waals surface area contributed by atoms with Crippen LogP contribution >= 0.6 is 12.4 Å². The van der Waals surface area contributed by atoms with Gasteiger partial charge in [-0.2, -0.15) is 0 Å². The molecule has 0 heterocycles. The van der Waals surface area contributed by atoms with Crippen LogP contribution in [-0.4, -0.2) is 25.0 Å². The largest absolute Gasteiger partial charge is 0.495 e. The fraction of sp³-hybridized carbons (Fsp3) is 0.467. The van der Waals surface area contributed by atoms with Gasteiger partial charge in [-0.05, 0) is 37.5 Å². The number of carbonyl (C=O) groups excluding carboxylic acids is 2. The highest BCUT2D eigenvalue weighted by atomic mass is 35.5. The van der Waals surface area contributed by atoms with Crippen LogP contribution in [0.25, 0.3) is 0 Å². The Balaban J connectivity index is 0.00000242. The Labute approximate surface area is 136 Å². The summed E-state index contributed by atoms with van der Waals surface area (Å²) < 4.78 is 5.18. The number of carbonyl (C=O) groups is 2. The number of amides is 2. The van der Waals surface area contributed by atoms with E-state index in [1.807, 2.05) is 0 Å². The number of nitrogens with one attached hydrogen (secondary N) is 2. The van der Waals surface area contributed by atoms with E-state index in [0.29, 0.717) is 17.1 Å². The lowest BCUT2D eigenvalue weighted by Gasteiger charge is -2.14. The van der Waals surface area contributed by atoms with Gasteiger partial charge in [0, 0.05) is 24.6 Å². The Kier molecular flexibility index (Phi) is 6.64. The molecule has 0 saturated heterocycles. The van der Waals surface area contributed by atoms with Crippen molar-refractivity contribution in [3.63, 3.8) is 0 Å².